The first kappa shape index (κ1) is 5.75. The van der Waals surface area contributed by atoms with Crippen LogP contribution in [0.5, 0.6) is 0 Å². The highest BCUT2D eigenvalue weighted by Crippen LogP contribution is 2.59. The van der Waals surface area contributed by atoms with Gasteiger partial charge in [0.05, 0.1) is 0 Å². The number of hydrogen-bond donors (Lipinski definition) is 1. The lowest BCUT2D eigenvalue weighted by Crippen LogP contribution is -2.29. The van der Waals surface area contributed by atoms with E-state index in [2.05, 4.69) is 0 Å². The highest BCUT2D eigenvalue weighted by molar-refractivity contribution is 5.51. The van der Waals surface area contributed by atoms with Crippen molar-refractivity contribution < 1.29 is 9.84 Å². The summed E-state index contributed by atoms with van der Waals surface area (Å²) in [7, 11) is 0. The number of epoxide rings is 1. The first-order valence-electron chi connectivity index (χ1n) is 3.74. The smallest absolute Gasteiger partial charge is 0.154 e. The zero-order valence-electron chi connectivity index (χ0n) is 5.90. The Morgan fingerprint density at radius 1 is 1.18 bits per heavy atom. The summed E-state index contributed by atoms with van der Waals surface area (Å²) in [6, 6.07) is 0. The van der Waals surface area contributed by atoms with Crippen LogP contribution in [0, 0.1) is 0 Å². The average Bonchev–Trinajstić information content (AvgIpc) is 2.63. The number of aliphatic hydroxyl groups excluding tert-OH is 1. The maximum atomic E-state index is 9.52. The topological polar surface area (TPSA) is 32.8 Å². The summed E-state index contributed by atoms with van der Waals surface area (Å²) in [5.41, 5.74) is -0.719. The second-order valence-corrected chi connectivity index (χ2v) is 3.21. The summed E-state index contributed by atoms with van der Waals surface area (Å²) < 4.78 is 5.49. The lowest BCUT2D eigenvalue weighted by Gasteiger charge is -2.10. The Hall–Kier alpha value is -0.860. The molecule has 56 valence electrons. The van der Waals surface area contributed by atoms with Gasteiger partial charge >= 0.3 is 0 Å². The minimum Gasteiger partial charge on any atom is -0.386 e. The standard InChI is InChI=1S/C9H8O2/c10-7-3-6-8-4-1-2-5-9(7,8)11-8/h1-7,10H/t7-,8+,9-/m0/s1. The van der Waals surface area contributed by atoms with Gasteiger partial charge in [0.2, 0.25) is 0 Å². The fourth-order valence-corrected chi connectivity index (χ4v) is 1.97. The number of hydrogen-bond acceptors (Lipinski definition) is 2. The molecule has 1 fully saturated rings. The molecule has 0 radical (unpaired) electrons. The highest BCUT2D eigenvalue weighted by atomic mass is 16.6. The molecular formula is C9H8O2. The van der Waals surface area contributed by atoms with Crippen LogP contribution in [0.3, 0.4) is 0 Å². The summed E-state index contributed by atoms with van der Waals surface area (Å²) in [5, 5.41) is 9.52. The molecule has 1 saturated heterocycles. The van der Waals surface area contributed by atoms with Crippen LogP contribution < -0.4 is 0 Å². The lowest BCUT2D eigenvalue weighted by atomic mass is 9.90. The van der Waals surface area contributed by atoms with E-state index in [1.54, 1.807) is 6.08 Å². The van der Waals surface area contributed by atoms with Gasteiger partial charge in [0.15, 0.2) is 5.60 Å². The predicted molar refractivity (Wildman–Crippen MR) is 40.0 cm³/mol. The monoisotopic (exact) mass is 148 g/mol. The molecule has 3 atom stereocenters. The van der Waals surface area contributed by atoms with Gasteiger partial charge in [-0.05, 0) is 18.2 Å². The van der Waals surface area contributed by atoms with Gasteiger partial charge in [-0.25, -0.2) is 0 Å². The molecule has 0 amide bonds. The third-order valence-corrected chi connectivity index (χ3v) is 2.67. The fraction of sp³-hybridized carbons (Fsp3) is 0.333. The van der Waals surface area contributed by atoms with E-state index in [0.29, 0.717) is 0 Å². The second kappa shape index (κ2) is 1.36. The van der Waals surface area contributed by atoms with Crippen LogP contribution in [0.1, 0.15) is 0 Å². The Morgan fingerprint density at radius 2 is 2.00 bits per heavy atom. The van der Waals surface area contributed by atoms with Crippen LogP contribution in [-0.4, -0.2) is 22.4 Å². The molecule has 0 bridgehead atoms. The zero-order valence-corrected chi connectivity index (χ0v) is 5.90. The van der Waals surface area contributed by atoms with Crippen molar-refractivity contribution >= 4 is 0 Å². The number of ether oxygens (including phenoxy) is 1. The van der Waals surface area contributed by atoms with Crippen LogP contribution in [0.25, 0.3) is 0 Å². The third-order valence-electron chi connectivity index (χ3n) is 2.67. The van der Waals surface area contributed by atoms with Crippen molar-refractivity contribution in [1.29, 1.82) is 0 Å². The van der Waals surface area contributed by atoms with E-state index in [9.17, 15) is 5.11 Å². The molecule has 0 aromatic carbocycles. The average molecular weight is 148 g/mol. The Labute approximate surface area is 64.5 Å². The lowest BCUT2D eigenvalue weighted by molar-refractivity contribution is 0.138. The minimum absolute atomic E-state index is 0.291. The second-order valence-electron chi connectivity index (χ2n) is 3.21. The van der Waals surface area contributed by atoms with Crippen LogP contribution in [0.2, 0.25) is 0 Å². The Kier molecular flexibility index (Phi) is 0.708. The Bertz CT molecular complexity index is 303. The van der Waals surface area contributed by atoms with Gasteiger partial charge in [-0.2, -0.15) is 0 Å². The molecule has 3 rings (SSSR count). The molecule has 2 nitrogen and oxygen atoms in total. The van der Waals surface area contributed by atoms with E-state index in [0.717, 1.165) is 0 Å². The molecule has 1 N–H and O–H groups in total. The number of allylic oxidation sites excluding steroid dienone is 2. The molecule has 1 heterocycles. The summed E-state index contributed by atoms with van der Waals surface area (Å²) >= 11 is 0. The largest absolute Gasteiger partial charge is 0.386 e. The quantitative estimate of drug-likeness (QED) is 0.402. The first-order valence-corrected chi connectivity index (χ1v) is 3.74. The SMILES string of the molecule is O[C@H]1C=C[C@]23C=CC=C[C@]12O3. The van der Waals surface area contributed by atoms with Crippen molar-refractivity contribution in [2.45, 2.75) is 17.3 Å². The van der Waals surface area contributed by atoms with Crippen molar-refractivity contribution in [1.82, 2.24) is 0 Å². The molecule has 2 aliphatic carbocycles. The van der Waals surface area contributed by atoms with E-state index in [1.807, 2.05) is 30.4 Å². The van der Waals surface area contributed by atoms with Crippen LogP contribution in [-0.2, 0) is 4.74 Å². The summed E-state index contributed by atoms with van der Waals surface area (Å²) in [4.78, 5) is 0. The maximum absolute atomic E-state index is 9.52. The highest BCUT2D eigenvalue weighted by Gasteiger charge is 2.72. The molecule has 0 aromatic heterocycles. The van der Waals surface area contributed by atoms with Gasteiger partial charge < -0.3 is 9.84 Å². The molecule has 0 unspecified atom stereocenters. The molecule has 3 aliphatic rings. The van der Waals surface area contributed by atoms with E-state index < -0.39 is 11.7 Å². The van der Waals surface area contributed by atoms with E-state index in [4.69, 9.17) is 4.74 Å². The Balaban J connectivity index is 2.17. The normalized spacial score (nSPS) is 55.9. The molecular weight excluding hydrogens is 140 g/mol. The van der Waals surface area contributed by atoms with Crippen molar-refractivity contribution in [3.63, 3.8) is 0 Å². The van der Waals surface area contributed by atoms with E-state index in [1.165, 1.54) is 0 Å². The summed E-state index contributed by atoms with van der Waals surface area (Å²) in [6.45, 7) is 0. The zero-order chi connectivity index (χ0) is 7.53. The molecule has 0 spiro atoms. The van der Waals surface area contributed by atoms with Crippen molar-refractivity contribution in [2.75, 3.05) is 0 Å². The third kappa shape index (κ3) is 0.424. The summed E-state index contributed by atoms with van der Waals surface area (Å²) in [6.07, 6.45) is 11.0. The van der Waals surface area contributed by atoms with Crippen LogP contribution in [0.4, 0.5) is 0 Å². The fourth-order valence-electron chi connectivity index (χ4n) is 1.97. The van der Waals surface area contributed by atoms with Crippen molar-refractivity contribution in [3.8, 4) is 0 Å². The van der Waals surface area contributed by atoms with Gasteiger partial charge in [-0.15, -0.1) is 0 Å². The molecule has 1 aliphatic heterocycles. The van der Waals surface area contributed by atoms with Crippen LogP contribution >= 0.6 is 0 Å². The van der Waals surface area contributed by atoms with E-state index >= 15 is 0 Å². The first-order chi connectivity index (χ1) is 5.29. The maximum Gasteiger partial charge on any atom is 0.154 e. The van der Waals surface area contributed by atoms with Gasteiger partial charge in [0, 0.05) is 0 Å². The van der Waals surface area contributed by atoms with Gasteiger partial charge in [0.1, 0.15) is 11.7 Å². The molecule has 0 saturated carbocycles. The minimum atomic E-state index is -0.469. The molecule has 2 heteroatoms. The van der Waals surface area contributed by atoms with E-state index in [-0.39, 0.29) is 5.60 Å². The van der Waals surface area contributed by atoms with Gasteiger partial charge in [-0.3, -0.25) is 0 Å². The van der Waals surface area contributed by atoms with Crippen LogP contribution in [0.15, 0.2) is 36.5 Å². The van der Waals surface area contributed by atoms with Gasteiger partial charge in [-0.1, -0.05) is 18.2 Å². The summed E-state index contributed by atoms with van der Waals surface area (Å²) in [5.74, 6) is 0. The molecule has 11 heavy (non-hydrogen) atoms. The van der Waals surface area contributed by atoms with Crippen molar-refractivity contribution in [2.24, 2.45) is 0 Å². The Morgan fingerprint density at radius 3 is 2.82 bits per heavy atom. The van der Waals surface area contributed by atoms with Gasteiger partial charge in [0.25, 0.3) is 0 Å². The number of rotatable bonds is 0. The predicted octanol–water partition coefficient (Wildman–Crippen LogP) is 0.551. The number of aliphatic hydroxyl groups is 1. The molecule has 0 aromatic rings. The van der Waals surface area contributed by atoms with Crippen molar-refractivity contribution in [3.05, 3.63) is 36.5 Å².